The van der Waals surface area contributed by atoms with E-state index in [2.05, 4.69) is 40.2 Å². The van der Waals surface area contributed by atoms with E-state index in [1.54, 1.807) is 0 Å². The van der Waals surface area contributed by atoms with Gasteiger partial charge in [-0.05, 0) is 73.0 Å². The molecule has 2 fully saturated rings. The van der Waals surface area contributed by atoms with Crippen LogP contribution in [-0.4, -0.2) is 44.8 Å². The summed E-state index contributed by atoms with van der Waals surface area (Å²) in [5.74, 6) is 1.13. The third-order valence-electron chi connectivity index (χ3n) is 8.69. The van der Waals surface area contributed by atoms with E-state index in [1.807, 2.05) is 12.1 Å². The maximum atomic E-state index is 12.6. The number of phenols is 1. The van der Waals surface area contributed by atoms with Gasteiger partial charge in [0.2, 0.25) is 0 Å². The van der Waals surface area contributed by atoms with Crippen LogP contribution in [0.4, 0.5) is 0 Å². The number of nitrogens with zero attached hydrogens (tertiary/aromatic N) is 1. The number of phenolic OH excluding ortho intramolecular Hbond substituents is 1. The number of para-hydroxylation sites is 1. The summed E-state index contributed by atoms with van der Waals surface area (Å²) in [5, 5.41) is 24.2. The molecule has 4 heteroatoms. The quantitative estimate of drug-likeness (QED) is 0.615. The molecule has 0 spiro atoms. The molecule has 0 radical (unpaired) electrons. The summed E-state index contributed by atoms with van der Waals surface area (Å²) < 4.78 is 0. The number of fused-ring (bicyclic) bond motifs is 4. The van der Waals surface area contributed by atoms with Crippen molar-refractivity contribution in [2.45, 2.75) is 55.6 Å². The summed E-state index contributed by atoms with van der Waals surface area (Å²) in [4.78, 5) is 6.28. The molecule has 7 rings (SSSR count). The lowest BCUT2D eigenvalue weighted by molar-refractivity contribution is -0.151. The number of aromatic hydroxyl groups is 1. The fourth-order valence-corrected chi connectivity index (χ4v) is 7.04. The van der Waals surface area contributed by atoms with Crippen molar-refractivity contribution in [2.75, 3.05) is 13.1 Å². The third kappa shape index (κ3) is 2.13. The molecule has 30 heavy (non-hydrogen) atoms. The van der Waals surface area contributed by atoms with Crippen LogP contribution in [0.2, 0.25) is 0 Å². The van der Waals surface area contributed by atoms with Gasteiger partial charge in [-0.2, -0.15) is 0 Å². The lowest BCUT2D eigenvalue weighted by Crippen LogP contribution is -2.74. The van der Waals surface area contributed by atoms with Crippen LogP contribution in [0.1, 0.15) is 41.6 Å². The largest absolute Gasteiger partial charge is 0.508 e. The van der Waals surface area contributed by atoms with Gasteiger partial charge >= 0.3 is 0 Å². The highest BCUT2D eigenvalue weighted by atomic mass is 16.3. The van der Waals surface area contributed by atoms with Crippen LogP contribution >= 0.6 is 0 Å². The molecule has 2 heterocycles. The normalized spacial score (nSPS) is 32.5. The second-order valence-electron chi connectivity index (χ2n) is 10.2. The van der Waals surface area contributed by atoms with E-state index < -0.39 is 5.60 Å². The summed E-state index contributed by atoms with van der Waals surface area (Å²) in [5.41, 5.74) is 5.08. The van der Waals surface area contributed by atoms with Crippen molar-refractivity contribution in [3.05, 3.63) is 64.8 Å². The number of aromatic amines is 1. The summed E-state index contributed by atoms with van der Waals surface area (Å²) >= 11 is 0. The predicted molar refractivity (Wildman–Crippen MR) is 117 cm³/mol. The van der Waals surface area contributed by atoms with E-state index in [0.29, 0.717) is 12.2 Å². The van der Waals surface area contributed by atoms with Crippen LogP contribution in [0, 0.1) is 5.92 Å². The van der Waals surface area contributed by atoms with E-state index >= 15 is 0 Å². The predicted octanol–water partition coefficient (Wildman–Crippen LogP) is 3.68. The van der Waals surface area contributed by atoms with Crippen LogP contribution in [0.25, 0.3) is 10.9 Å². The Morgan fingerprint density at radius 2 is 1.97 bits per heavy atom. The first-order chi connectivity index (χ1) is 14.6. The van der Waals surface area contributed by atoms with Gasteiger partial charge in [-0.15, -0.1) is 0 Å². The summed E-state index contributed by atoms with van der Waals surface area (Å²) in [6.07, 6.45) is 5.99. The molecule has 3 aliphatic carbocycles. The standard InChI is InChI=1S/C26H28N2O2/c29-18-8-7-17-11-24-26(30)13-20-19-3-1-2-4-22(19)27-23(20)14-25(26,21(17)12-18)9-10-28(24)15-16-5-6-16/h1-4,7-8,12,16,24,27,29-30H,5-6,9-11,13-15H2/t24-,25-,26-/m1/s1. The molecule has 3 atom stereocenters. The van der Waals surface area contributed by atoms with Gasteiger partial charge in [-0.25, -0.2) is 0 Å². The number of piperidine rings is 1. The SMILES string of the molecule is Oc1ccc2c(c1)[C@]13CCN(CC4CC4)[C@H](C2)[C@]1(O)Cc1c([nH]c2ccccc12)C3. The Bertz CT molecular complexity index is 1180. The Morgan fingerprint density at radius 1 is 1.10 bits per heavy atom. The highest BCUT2D eigenvalue weighted by Gasteiger charge is 2.64. The molecular weight excluding hydrogens is 372 g/mol. The summed E-state index contributed by atoms with van der Waals surface area (Å²) in [6, 6.07) is 14.5. The minimum atomic E-state index is -0.807. The van der Waals surface area contributed by atoms with Crippen molar-refractivity contribution in [1.82, 2.24) is 9.88 Å². The molecule has 154 valence electrons. The summed E-state index contributed by atoms with van der Waals surface area (Å²) in [7, 11) is 0. The van der Waals surface area contributed by atoms with Crippen LogP contribution in [0.5, 0.6) is 5.75 Å². The zero-order valence-corrected chi connectivity index (χ0v) is 17.2. The third-order valence-corrected chi connectivity index (χ3v) is 8.69. The van der Waals surface area contributed by atoms with Crippen molar-refractivity contribution in [3.63, 3.8) is 0 Å². The number of hydrogen-bond donors (Lipinski definition) is 3. The summed E-state index contributed by atoms with van der Waals surface area (Å²) in [6.45, 7) is 2.16. The molecule has 2 aromatic carbocycles. The second-order valence-corrected chi connectivity index (χ2v) is 10.2. The van der Waals surface area contributed by atoms with Crippen molar-refractivity contribution in [1.29, 1.82) is 0 Å². The minimum Gasteiger partial charge on any atom is -0.508 e. The van der Waals surface area contributed by atoms with Crippen LogP contribution in [0.3, 0.4) is 0 Å². The van der Waals surface area contributed by atoms with Gasteiger partial charge in [0.25, 0.3) is 0 Å². The highest BCUT2D eigenvalue weighted by Crippen LogP contribution is 2.58. The molecule has 1 aromatic heterocycles. The molecule has 4 aliphatic rings. The van der Waals surface area contributed by atoms with E-state index in [-0.39, 0.29) is 11.5 Å². The van der Waals surface area contributed by atoms with Crippen molar-refractivity contribution in [2.24, 2.45) is 5.92 Å². The van der Waals surface area contributed by atoms with Crippen molar-refractivity contribution < 1.29 is 10.2 Å². The molecule has 3 N–H and O–H groups in total. The smallest absolute Gasteiger partial charge is 0.115 e. The van der Waals surface area contributed by atoms with Crippen molar-refractivity contribution >= 4 is 10.9 Å². The number of benzene rings is 2. The van der Waals surface area contributed by atoms with Crippen LogP contribution in [0.15, 0.2) is 42.5 Å². The van der Waals surface area contributed by atoms with Gasteiger partial charge in [0.15, 0.2) is 0 Å². The number of aromatic nitrogens is 1. The van der Waals surface area contributed by atoms with Crippen LogP contribution < -0.4 is 0 Å². The van der Waals surface area contributed by atoms with Gasteiger partial charge in [-0.3, -0.25) is 4.90 Å². The molecule has 0 amide bonds. The zero-order chi connectivity index (χ0) is 20.1. The number of likely N-dealkylation sites (tertiary alicyclic amines) is 1. The van der Waals surface area contributed by atoms with Gasteiger partial charge in [0, 0.05) is 47.4 Å². The topological polar surface area (TPSA) is 59.5 Å². The van der Waals surface area contributed by atoms with Gasteiger partial charge in [-0.1, -0.05) is 24.3 Å². The monoisotopic (exact) mass is 400 g/mol. The Labute approximate surface area is 176 Å². The number of rotatable bonds is 2. The second kappa shape index (κ2) is 5.68. The van der Waals surface area contributed by atoms with Crippen molar-refractivity contribution in [3.8, 4) is 5.75 Å². The fourth-order valence-electron chi connectivity index (χ4n) is 7.04. The molecule has 2 bridgehead atoms. The molecule has 4 nitrogen and oxygen atoms in total. The molecular formula is C26H28N2O2. The van der Waals surface area contributed by atoms with E-state index in [9.17, 15) is 10.2 Å². The Morgan fingerprint density at radius 3 is 2.83 bits per heavy atom. The number of aliphatic hydroxyl groups is 1. The Balaban J connectivity index is 1.45. The fraction of sp³-hybridized carbons (Fsp3) is 0.462. The first kappa shape index (κ1) is 17.4. The first-order valence-electron chi connectivity index (χ1n) is 11.4. The average Bonchev–Trinajstić information content (AvgIpc) is 3.49. The number of H-pyrrole nitrogens is 1. The lowest BCUT2D eigenvalue weighted by atomic mass is 9.49. The zero-order valence-electron chi connectivity index (χ0n) is 17.2. The Hall–Kier alpha value is -2.30. The maximum absolute atomic E-state index is 12.6. The number of nitrogens with one attached hydrogen (secondary N) is 1. The average molecular weight is 401 g/mol. The maximum Gasteiger partial charge on any atom is 0.115 e. The van der Waals surface area contributed by atoms with Crippen LogP contribution in [-0.2, 0) is 24.7 Å². The van der Waals surface area contributed by atoms with E-state index in [4.69, 9.17) is 0 Å². The van der Waals surface area contributed by atoms with Gasteiger partial charge in [0.1, 0.15) is 5.75 Å². The molecule has 1 saturated heterocycles. The van der Waals surface area contributed by atoms with Gasteiger partial charge < -0.3 is 15.2 Å². The number of hydrogen-bond acceptors (Lipinski definition) is 3. The lowest BCUT2D eigenvalue weighted by Gasteiger charge is -2.63. The van der Waals surface area contributed by atoms with E-state index in [0.717, 1.165) is 38.3 Å². The minimum absolute atomic E-state index is 0.144. The van der Waals surface area contributed by atoms with E-state index in [1.165, 1.54) is 46.1 Å². The highest BCUT2D eigenvalue weighted by molar-refractivity contribution is 5.85. The molecule has 0 unspecified atom stereocenters. The molecule has 1 saturated carbocycles. The Kier molecular flexibility index (Phi) is 3.29. The van der Waals surface area contributed by atoms with Gasteiger partial charge in [0.05, 0.1) is 5.60 Å². The molecule has 1 aliphatic heterocycles. The first-order valence-corrected chi connectivity index (χ1v) is 11.4. The molecule has 3 aromatic rings.